The van der Waals surface area contributed by atoms with Crippen LogP contribution in [0.5, 0.6) is 0 Å². The summed E-state index contributed by atoms with van der Waals surface area (Å²) in [6.45, 7) is 0.285. The molecule has 2 N–H and O–H groups in total. The third kappa shape index (κ3) is 2.55. The summed E-state index contributed by atoms with van der Waals surface area (Å²) in [7, 11) is 1.87. The molecule has 0 aromatic carbocycles. The molecular formula is C19H15N9OS. The molecule has 0 saturated carbocycles. The monoisotopic (exact) mass is 417 g/mol. The van der Waals surface area contributed by atoms with Crippen LogP contribution in [0, 0.1) is 0 Å². The molecule has 0 amide bonds. The zero-order valence-corrected chi connectivity index (χ0v) is 16.6. The maximum Gasteiger partial charge on any atom is 0.291 e. The molecule has 11 heteroatoms. The van der Waals surface area contributed by atoms with Crippen molar-refractivity contribution in [3.05, 3.63) is 63.5 Å². The van der Waals surface area contributed by atoms with Gasteiger partial charge in [0.1, 0.15) is 16.0 Å². The fraction of sp³-hybridized carbons (Fsp3) is 0.158. The molecule has 0 aliphatic carbocycles. The Morgan fingerprint density at radius 3 is 2.90 bits per heavy atom. The van der Waals surface area contributed by atoms with Crippen LogP contribution in [-0.2, 0) is 20.0 Å². The highest BCUT2D eigenvalue weighted by Gasteiger charge is 2.18. The summed E-state index contributed by atoms with van der Waals surface area (Å²) in [6, 6.07) is 5.70. The number of hydrogen-bond donors (Lipinski definition) is 2. The summed E-state index contributed by atoms with van der Waals surface area (Å²) < 4.78 is 4.26. The summed E-state index contributed by atoms with van der Waals surface area (Å²) in [6.07, 6.45) is 5.81. The second-order valence-corrected chi connectivity index (χ2v) is 8.14. The lowest BCUT2D eigenvalue weighted by Gasteiger charge is -2.05. The van der Waals surface area contributed by atoms with Crippen molar-refractivity contribution in [3.63, 3.8) is 0 Å². The van der Waals surface area contributed by atoms with Crippen molar-refractivity contribution in [3.8, 4) is 0 Å². The van der Waals surface area contributed by atoms with Crippen molar-refractivity contribution >= 4 is 43.6 Å². The molecule has 0 atom stereocenters. The number of aromatic nitrogens is 9. The van der Waals surface area contributed by atoms with E-state index in [0.29, 0.717) is 11.9 Å². The van der Waals surface area contributed by atoms with Crippen LogP contribution in [0.2, 0.25) is 0 Å². The van der Waals surface area contributed by atoms with E-state index in [-0.39, 0.29) is 12.1 Å². The molecule has 6 aromatic rings. The number of fused-ring (bicyclic) bond motifs is 4. The van der Waals surface area contributed by atoms with Gasteiger partial charge in [0.15, 0.2) is 5.65 Å². The molecule has 0 bridgehead atoms. The molecule has 6 heterocycles. The second kappa shape index (κ2) is 6.32. The summed E-state index contributed by atoms with van der Waals surface area (Å²) in [5.41, 5.74) is 4.58. The van der Waals surface area contributed by atoms with E-state index in [4.69, 9.17) is 4.98 Å². The van der Waals surface area contributed by atoms with Crippen molar-refractivity contribution in [1.82, 2.24) is 44.7 Å². The predicted octanol–water partition coefficient (Wildman–Crippen LogP) is 1.98. The van der Waals surface area contributed by atoms with Gasteiger partial charge in [0, 0.05) is 30.7 Å². The molecule has 0 aliphatic rings. The van der Waals surface area contributed by atoms with E-state index < -0.39 is 0 Å². The Hall–Kier alpha value is -3.86. The fourth-order valence-corrected chi connectivity index (χ4v) is 4.81. The minimum absolute atomic E-state index is 0.163. The smallest absolute Gasteiger partial charge is 0.291 e. The molecule has 148 valence electrons. The molecule has 0 saturated heterocycles. The van der Waals surface area contributed by atoms with Crippen molar-refractivity contribution in [2.75, 3.05) is 0 Å². The van der Waals surface area contributed by atoms with E-state index in [1.165, 1.54) is 4.68 Å². The first-order chi connectivity index (χ1) is 14.7. The van der Waals surface area contributed by atoms with Gasteiger partial charge in [-0.3, -0.25) is 15.0 Å². The number of pyridine rings is 1. The highest BCUT2D eigenvalue weighted by atomic mass is 32.1. The number of nitrogens with one attached hydrogen (secondary N) is 2. The first-order valence-electron chi connectivity index (χ1n) is 9.28. The van der Waals surface area contributed by atoms with Crippen LogP contribution >= 0.6 is 11.3 Å². The SMILES string of the molecule is Cn1c2nc(Cc3ccn[nH]3)sc2c2cnn(Cc3ccc4[nH]ncc4n3)c(=O)c21. The van der Waals surface area contributed by atoms with Gasteiger partial charge < -0.3 is 4.57 Å². The highest BCUT2D eigenvalue weighted by Crippen LogP contribution is 2.31. The van der Waals surface area contributed by atoms with E-state index in [0.717, 1.165) is 43.2 Å². The molecule has 0 fully saturated rings. The molecule has 0 spiro atoms. The van der Waals surface area contributed by atoms with Crippen LogP contribution in [-0.4, -0.2) is 44.7 Å². The largest absolute Gasteiger partial charge is 0.323 e. The Kier molecular flexibility index (Phi) is 3.59. The fourth-order valence-electron chi connectivity index (χ4n) is 3.68. The van der Waals surface area contributed by atoms with Gasteiger partial charge in [0.25, 0.3) is 5.56 Å². The van der Waals surface area contributed by atoms with Crippen LogP contribution in [0.1, 0.15) is 16.4 Å². The summed E-state index contributed by atoms with van der Waals surface area (Å²) >= 11 is 1.58. The van der Waals surface area contributed by atoms with E-state index >= 15 is 0 Å². The van der Waals surface area contributed by atoms with Gasteiger partial charge in [0.2, 0.25) is 0 Å². The molecule has 10 nitrogen and oxygen atoms in total. The highest BCUT2D eigenvalue weighted by molar-refractivity contribution is 7.19. The third-order valence-electron chi connectivity index (χ3n) is 5.14. The normalized spacial score (nSPS) is 11.9. The predicted molar refractivity (Wildman–Crippen MR) is 113 cm³/mol. The number of H-pyrrole nitrogens is 2. The topological polar surface area (TPSA) is 123 Å². The molecule has 30 heavy (non-hydrogen) atoms. The number of rotatable bonds is 4. The number of aryl methyl sites for hydroxylation is 1. The van der Waals surface area contributed by atoms with Gasteiger partial charge in [-0.25, -0.2) is 14.6 Å². The van der Waals surface area contributed by atoms with E-state index in [9.17, 15) is 4.79 Å². The van der Waals surface area contributed by atoms with Crippen molar-refractivity contribution in [2.45, 2.75) is 13.0 Å². The Morgan fingerprint density at radius 2 is 2.03 bits per heavy atom. The van der Waals surface area contributed by atoms with Gasteiger partial charge in [-0.1, -0.05) is 0 Å². The van der Waals surface area contributed by atoms with Gasteiger partial charge in [0.05, 0.1) is 34.8 Å². The number of nitrogens with zero attached hydrogens (tertiary/aromatic N) is 7. The molecule has 6 aromatic heterocycles. The molecule has 0 radical (unpaired) electrons. The Labute approximate surface area is 172 Å². The molecule has 0 aliphatic heterocycles. The maximum atomic E-state index is 13.2. The van der Waals surface area contributed by atoms with E-state index in [1.807, 2.05) is 29.8 Å². The average molecular weight is 417 g/mol. The molecule has 0 unspecified atom stereocenters. The number of aromatic amines is 2. The maximum absolute atomic E-state index is 13.2. The van der Waals surface area contributed by atoms with E-state index in [1.54, 1.807) is 29.9 Å². The molecular weight excluding hydrogens is 402 g/mol. The van der Waals surface area contributed by atoms with Crippen LogP contribution < -0.4 is 5.56 Å². The van der Waals surface area contributed by atoms with Gasteiger partial charge >= 0.3 is 0 Å². The Bertz CT molecular complexity index is 1590. The molecule has 6 rings (SSSR count). The van der Waals surface area contributed by atoms with Crippen LogP contribution in [0.4, 0.5) is 0 Å². The van der Waals surface area contributed by atoms with Crippen LogP contribution in [0.15, 0.2) is 41.6 Å². The number of thiazole rings is 1. The third-order valence-corrected chi connectivity index (χ3v) is 6.21. The number of hydrogen-bond acceptors (Lipinski definition) is 7. The summed E-state index contributed by atoms with van der Waals surface area (Å²) in [5.74, 6) is 0. The quantitative estimate of drug-likeness (QED) is 0.452. The standard InChI is InChI=1S/C19H15N9OS/c1-27-16-12(17-18(27)24-15(30-17)6-10-4-5-20-25-10)7-22-28(19(16)29)9-11-2-3-13-14(23-11)8-21-26-13/h2-5,7-8H,6,9H2,1H3,(H,20,25)(H,21,26). The lowest BCUT2D eigenvalue weighted by Crippen LogP contribution is -2.24. The van der Waals surface area contributed by atoms with Crippen molar-refractivity contribution < 1.29 is 0 Å². The van der Waals surface area contributed by atoms with Crippen LogP contribution in [0.25, 0.3) is 32.3 Å². The first kappa shape index (κ1) is 17.0. The minimum Gasteiger partial charge on any atom is -0.323 e. The lowest BCUT2D eigenvalue weighted by molar-refractivity contribution is 0.634. The average Bonchev–Trinajstić information content (AvgIpc) is 3.51. The lowest BCUT2D eigenvalue weighted by atomic mass is 10.3. The Morgan fingerprint density at radius 1 is 1.10 bits per heavy atom. The van der Waals surface area contributed by atoms with Gasteiger partial charge in [-0.05, 0) is 18.2 Å². The summed E-state index contributed by atoms with van der Waals surface area (Å²) in [4.78, 5) is 22.5. The van der Waals surface area contributed by atoms with E-state index in [2.05, 4.69) is 30.5 Å². The zero-order chi connectivity index (χ0) is 20.2. The summed E-state index contributed by atoms with van der Waals surface area (Å²) in [5, 5.41) is 20.0. The van der Waals surface area contributed by atoms with Crippen molar-refractivity contribution in [2.24, 2.45) is 7.05 Å². The zero-order valence-electron chi connectivity index (χ0n) is 15.8. The van der Waals surface area contributed by atoms with Crippen molar-refractivity contribution in [1.29, 1.82) is 0 Å². The van der Waals surface area contributed by atoms with Gasteiger partial charge in [-0.15, -0.1) is 11.3 Å². The Balaban J connectivity index is 1.42. The minimum atomic E-state index is -0.163. The van der Waals surface area contributed by atoms with Crippen LogP contribution in [0.3, 0.4) is 0 Å². The van der Waals surface area contributed by atoms with Gasteiger partial charge in [-0.2, -0.15) is 15.3 Å². The first-order valence-corrected chi connectivity index (χ1v) is 10.1. The second-order valence-electron chi connectivity index (χ2n) is 7.05.